The molecule has 0 saturated carbocycles. The molecule has 0 bridgehead atoms. The van der Waals surface area contributed by atoms with Gasteiger partial charge in [-0.1, -0.05) is 0 Å². The number of nitrogens with zero attached hydrogens (tertiary/aromatic N) is 1. The second-order valence-electron chi connectivity index (χ2n) is 3.28. The molecule has 0 aliphatic carbocycles. The van der Waals surface area contributed by atoms with Crippen LogP contribution in [0.25, 0.3) is 0 Å². The summed E-state index contributed by atoms with van der Waals surface area (Å²) in [7, 11) is 0. The summed E-state index contributed by atoms with van der Waals surface area (Å²) in [6.07, 6.45) is 1.69. The molecule has 0 atom stereocenters. The van der Waals surface area contributed by atoms with Crippen LogP contribution in [0.4, 0.5) is 0 Å². The van der Waals surface area contributed by atoms with Gasteiger partial charge in [-0.25, -0.2) is 14.5 Å². The second-order valence-corrected chi connectivity index (χ2v) is 3.28. The van der Waals surface area contributed by atoms with Crippen molar-refractivity contribution < 1.29 is 19.3 Å². The van der Waals surface area contributed by atoms with Crippen molar-refractivity contribution in [1.29, 1.82) is 0 Å². The van der Waals surface area contributed by atoms with E-state index in [1.165, 1.54) is 0 Å². The van der Waals surface area contributed by atoms with Crippen molar-refractivity contribution in [3.05, 3.63) is 41.8 Å². The maximum atomic E-state index is 11.6. The second kappa shape index (κ2) is 4.52. The molecule has 0 spiro atoms. The van der Waals surface area contributed by atoms with Crippen molar-refractivity contribution in [2.45, 2.75) is 13.5 Å². The minimum atomic E-state index is -0.192. The molecule has 6 heteroatoms. The van der Waals surface area contributed by atoms with E-state index in [1.807, 2.05) is 6.07 Å². The van der Waals surface area contributed by atoms with Crippen molar-refractivity contribution in [3.63, 3.8) is 0 Å². The molecular formula is C10H12N4O2+2. The van der Waals surface area contributed by atoms with Gasteiger partial charge in [0.2, 0.25) is 0 Å². The molecule has 0 radical (unpaired) electrons. The zero-order valence-electron chi connectivity index (χ0n) is 8.78. The molecule has 2 aromatic heterocycles. The van der Waals surface area contributed by atoms with Crippen molar-refractivity contribution >= 4 is 5.91 Å². The van der Waals surface area contributed by atoms with Crippen LogP contribution in [0.3, 0.4) is 0 Å². The van der Waals surface area contributed by atoms with Gasteiger partial charge < -0.3 is 5.32 Å². The highest BCUT2D eigenvalue weighted by Crippen LogP contribution is 1.91. The van der Waals surface area contributed by atoms with Gasteiger partial charge in [-0.05, 0) is 6.07 Å². The van der Waals surface area contributed by atoms with Crippen molar-refractivity contribution in [1.82, 2.24) is 10.5 Å². The van der Waals surface area contributed by atoms with Crippen molar-refractivity contribution in [2.75, 3.05) is 0 Å². The Hall–Kier alpha value is -2.24. The van der Waals surface area contributed by atoms with Gasteiger partial charge in [-0.15, -0.1) is 0 Å². The Morgan fingerprint density at radius 3 is 3.06 bits per heavy atom. The Balaban J connectivity index is 1.94. The first kappa shape index (κ1) is 10.3. The average Bonchev–Trinajstić information content (AvgIpc) is 2.73. The van der Waals surface area contributed by atoms with Crippen molar-refractivity contribution in [3.8, 4) is 0 Å². The maximum Gasteiger partial charge on any atom is 0.343 e. The van der Waals surface area contributed by atoms with E-state index in [4.69, 9.17) is 4.52 Å². The normalized spacial score (nSPS) is 10.1. The van der Waals surface area contributed by atoms with Gasteiger partial charge in [0.25, 0.3) is 5.69 Å². The Morgan fingerprint density at radius 1 is 1.56 bits per heavy atom. The molecule has 0 fully saturated rings. The largest absolute Gasteiger partial charge is 0.343 e. The number of aromatic nitrogens is 3. The van der Waals surface area contributed by atoms with Crippen LogP contribution in [-0.2, 0) is 6.54 Å². The molecule has 0 aliphatic heterocycles. The molecule has 0 saturated heterocycles. The highest BCUT2D eigenvalue weighted by atomic mass is 16.5. The lowest BCUT2D eigenvalue weighted by molar-refractivity contribution is -0.406. The van der Waals surface area contributed by atoms with Crippen LogP contribution in [0.5, 0.6) is 0 Å². The highest BCUT2D eigenvalue weighted by Gasteiger charge is 2.15. The number of hydrogen-bond acceptors (Lipinski definition) is 3. The fourth-order valence-corrected chi connectivity index (χ4v) is 1.24. The summed E-state index contributed by atoms with van der Waals surface area (Å²) in [6.45, 7) is 2.06. The smallest absolute Gasteiger partial charge is 0.335 e. The van der Waals surface area contributed by atoms with Crippen LogP contribution in [0.1, 0.15) is 22.2 Å². The zero-order valence-corrected chi connectivity index (χ0v) is 8.78. The van der Waals surface area contributed by atoms with Gasteiger partial charge in [0.15, 0.2) is 11.4 Å². The summed E-state index contributed by atoms with van der Waals surface area (Å²) in [6, 6.07) is 5.30. The van der Waals surface area contributed by atoms with Crippen LogP contribution >= 0.6 is 0 Å². The SMILES string of the molecule is Cc1noc(CNC(=O)c2cccc[nH+]2)[nH+]1. The molecule has 16 heavy (non-hydrogen) atoms. The quantitative estimate of drug-likeness (QED) is 0.759. The molecule has 2 aromatic rings. The lowest BCUT2D eigenvalue weighted by atomic mass is 10.3. The van der Waals surface area contributed by atoms with E-state index < -0.39 is 0 Å². The minimum absolute atomic E-state index is 0.192. The predicted octanol–water partition coefficient (Wildman–Crippen LogP) is -0.459. The molecule has 3 N–H and O–H groups in total. The van der Waals surface area contributed by atoms with Gasteiger partial charge in [-0.2, -0.15) is 0 Å². The summed E-state index contributed by atoms with van der Waals surface area (Å²) in [4.78, 5) is 17.3. The fraction of sp³-hybridized carbons (Fsp3) is 0.200. The standard InChI is InChI=1S/C10H10N4O2/c1-7-13-9(16-14-7)6-12-10(15)8-4-2-3-5-11-8/h2-5H,6H2,1H3,(H,12,15)/p+2. The third-order valence-electron chi connectivity index (χ3n) is 1.98. The van der Waals surface area contributed by atoms with Gasteiger partial charge in [0, 0.05) is 19.1 Å². The molecule has 82 valence electrons. The summed E-state index contributed by atoms with van der Waals surface area (Å²) in [5.41, 5.74) is 0.499. The number of hydrogen-bond donors (Lipinski definition) is 1. The summed E-state index contributed by atoms with van der Waals surface area (Å²) in [5, 5.41) is 6.37. The molecule has 0 aliphatic rings. The molecular weight excluding hydrogens is 208 g/mol. The molecule has 2 heterocycles. The first-order chi connectivity index (χ1) is 7.75. The van der Waals surface area contributed by atoms with Gasteiger partial charge >= 0.3 is 17.6 Å². The highest BCUT2D eigenvalue weighted by molar-refractivity contribution is 5.90. The fourth-order valence-electron chi connectivity index (χ4n) is 1.24. The number of amides is 1. The number of carbonyl (C=O) groups excluding carboxylic acids is 1. The van der Waals surface area contributed by atoms with Crippen LogP contribution in [0, 0.1) is 6.92 Å². The molecule has 0 aromatic carbocycles. The van der Waals surface area contributed by atoms with Crippen LogP contribution < -0.4 is 15.3 Å². The minimum Gasteiger partial charge on any atom is -0.335 e. The molecule has 1 amide bonds. The topological polar surface area (TPSA) is 83.4 Å². The Morgan fingerprint density at radius 2 is 2.44 bits per heavy atom. The summed E-state index contributed by atoms with van der Waals surface area (Å²) in [5.74, 6) is 1.00. The first-order valence-corrected chi connectivity index (χ1v) is 4.85. The van der Waals surface area contributed by atoms with E-state index in [0.717, 1.165) is 0 Å². The zero-order chi connectivity index (χ0) is 11.4. The Kier molecular flexibility index (Phi) is 2.90. The monoisotopic (exact) mass is 220 g/mol. The van der Waals surface area contributed by atoms with E-state index in [0.29, 0.717) is 17.4 Å². The van der Waals surface area contributed by atoms with Crippen LogP contribution in [0.2, 0.25) is 0 Å². The number of rotatable bonds is 3. The first-order valence-electron chi connectivity index (χ1n) is 4.85. The van der Waals surface area contributed by atoms with Gasteiger partial charge in [0.1, 0.15) is 6.54 Å². The maximum absolute atomic E-state index is 11.6. The van der Waals surface area contributed by atoms with E-state index in [9.17, 15) is 4.79 Å². The lowest BCUT2D eigenvalue weighted by Gasteiger charge is -1.95. The molecule has 2 rings (SSSR count). The number of aromatic amines is 2. The Bertz CT molecular complexity index is 481. The van der Waals surface area contributed by atoms with E-state index >= 15 is 0 Å². The van der Waals surface area contributed by atoms with E-state index in [2.05, 4.69) is 20.4 Å². The van der Waals surface area contributed by atoms with Gasteiger partial charge in [0.05, 0.1) is 0 Å². The number of aryl methyl sites for hydroxylation is 1. The number of carbonyl (C=O) groups is 1. The van der Waals surface area contributed by atoms with Gasteiger partial charge in [-0.3, -0.25) is 4.79 Å². The summed E-state index contributed by atoms with van der Waals surface area (Å²) < 4.78 is 4.92. The van der Waals surface area contributed by atoms with Crippen LogP contribution in [-0.4, -0.2) is 11.1 Å². The number of pyridine rings is 1. The molecule has 0 unspecified atom stereocenters. The third kappa shape index (κ3) is 2.41. The third-order valence-corrected chi connectivity index (χ3v) is 1.98. The molecule has 6 nitrogen and oxygen atoms in total. The average molecular weight is 220 g/mol. The summed E-state index contributed by atoms with van der Waals surface area (Å²) >= 11 is 0. The van der Waals surface area contributed by atoms with E-state index in [1.54, 1.807) is 25.3 Å². The lowest BCUT2D eigenvalue weighted by Crippen LogP contribution is -2.30. The Labute approximate surface area is 91.7 Å². The van der Waals surface area contributed by atoms with Crippen LogP contribution in [0.15, 0.2) is 28.9 Å². The number of nitrogens with one attached hydrogen (secondary N) is 3. The van der Waals surface area contributed by atoms with Crippen molar-refractivity contribution in [2.24, 2.45) is 0 Å². The predicted molar refractivity (Wildman–Crippen MR) is 52.0 cm³/mol. The van der Waals surface area contributed by atoms with E-state index in [-0.39, 0.29) is 12.5 Å². The number of H-pyrrole nitrogens is 2.